The van der Waals surface area contributed by atoms with Crippen LogP contribution in [0.3, 0.4) is 0 Å². The Morgan fingerprint density at radius 3 is 2.58 bits per heavy atom. The maximum atomic E-state index is 11.8. The van der Waals surface area contributed by atoms with Crippen molar-refractivity contribution in [3.8, 4) is 0 Å². The number of amides is 3. The number of carbonyl (C=O) groups excluding carboxylic acids is 2. The van der Waals surface area contributed by atoms with Gasteiger partial charge < -0.3 is 20.3 Å². The highest BCUT2D eigenvalue weighted by molar-refractivity contribution is 5.89. The SMILES string of the molecule is COC(=O)N1CC(C)(NC(=O)Nc2ccncc2)C1. The van der Waals surface area contributed by atoms with E-state index < -0.39 is 5.54 Å². The minimum Gasteiger partial charge on any atom is -0.453 e. The number of nitrogens with one attached hydrogen (secondary N) is 2. The average molecular weight is 264 g/mol. The Kier molecular flexibility index (Phi) is 3.55. The Bertz CT molecular complexity index is 471. The van der Waals surface area contributed by atoms with Gasteiger partial charge in [0.2, 0.25) is 0 Å². The molecule has 2 rings (SSSR count). The first kappa shape index (κ1) is 13.1. The molecule has 102 valence electrons. The van der Waals surface area contributed by atoms with E-state index in [1.165, 1.54) is 12.0 Å². The summed E-state index contributed by atoms with van der Waals surface area (Å²) >= 11 is 0. The normalized spacial score (nSPS) is 16.2. The predicted molar refractivity (Wildman–Crippen MR) is 68.8 cm³/mol. The fraction of sp³-hybridized carbons (Fsp3) is 0.417. The van der Waals surface area contributed by atoms with Gasteiger partial charge in [-0.1, -0.05) is 0 Å². The van der Waals surface area contributed by atoms with E-state index in [0.717, 1.165) is 0 Å². The number of pyridine rings is 1. The predicted octanol–water partition coefficient (Wildman–Crippen LogP) is 1.04. The summed E-state index contributed by atoms with van der Waals surface area (Å²) in [5.41, 5.74) is 0.242. The third-order valence-corrected chi connectivity index (χ3v) is 2.87. The van der Waals surface area contributed by atoms with E-state index in [2.05, 4.69) is 20.4 Å². The van der Waals surface area contributed by atoms with E-state index in [1.54, 1.807) is 24.5 Å². The van der Waals surface area contributed by atoms with Crippen molar-refractivity contribution < 1.29 is 14.3 Å². The first-order valence-corrected chi connectivity index (χ1v) is 5.84. The van der Waals surface area contributed by atoms with Gasteiger partial charge in [-0.3, -0.25) is 4.98 Å². The third-order valence-electron chi connectivity index (χ3n) is 2.87. The molecule has 1 fully saturated rings. The maximum Gasteiger partial charge on any atom is 0.409 e. The topological polar surface area (TPSA) is 83.6 Å². The number of nitrogens with zero attached hydrogens (tertiary/aromatic N) is 2. The lowest BCUT2D eigenvalue weighted by molar-refractivity contribution is 0.0476. The van der Waals surface area contributed by atoms with Gasteiger partial charge in [-0.15, -0.1) is 0 Å². The van der Waals surface area contributed by atoms with Gasteiger partial charge in [0.05, 0.1) is 12.6 Å². The Morgan fingerprint density at radius 2 is 2.00 bits per heavy atom. The van der Waals surface area contributed by atoms with Crippen LogP contribution < -0.4 is 10.6 Å². The van der Waals surface area contributed by atoms with E-state index in [9.17, 15) is 9.59 Å². The lowest BCUT2D eigenvalue weighted by atomic mass is 9.93. The van der Waals surface area contributed by atoms with E-state index in [4.69, 9.17) is 0 Å². The molecule has 1 aromatic rings. The van der Waals surface area contributed by atoms with Crippen molar-refractivity contribution in [2.75, 3.05) is 25.5 Å². The number of methoxy groups -OCH3 is 1. The summed E-state index contributed by atoms with van der Waals surface area (Å²) in [6.45, 7) is 2.74. The van der Waals surface area contributed by atoms with Gasteiger partial charge in [-0.05, 0) is 19.1 Å². The molecule has 3 amide bonds. The van der Waals surface area contributed by atoms with Gasteiger partial charge >= 0.3 is 12.1 Å². The highest BCUT2D eigenvalue weighted by Crippen LogP contribution is 2.21. The Morgan fingerprint density at radius 1 is 1.37 bits per heavy atom. The third kappa shape index (κ3) is 3.12. The summed E-state index contributed by atoms with van der Waals surface area (Å²) in [4.78, 5) is 28.4. The molecule has 0 aromatic carbocycles. The van der Waals surface area contributed by atoms with Crippen molar-refractivity contribution in [1.29, 1.82) is 0 Å². The first-order chi connectivity index (χ1) is 9.02. The minimum atomic E-state index is -0.425. The molecular formula is C12H16N4O3. The van der Waals surface area contributed by atoms with Crippen LogP contribution in [0.5, 0.6) is 0 Å². The van der Waals surface area contributed by atoms with Crippen LogP contribution in [-0.4, -0.2) is 47.7 Å². The lowest BCUT2D eigenvalue weighted by Gasteiger charge is -2.47. The van der Waals surface area contributed by atoms with Crippen LogP contribution >= 0.6 is 0 Å². The summed E-state index contributed by atoms with van der Waals surface area (Å²) in [6.07, 6.45) is 2.81. The standard InChI is InChI=1S/C12H16N4O3/c1-12(7-16(8-12)11(18)19-2)15-10(17)14-9-3-5-13-6-4-9/h3-6H,7-8H2,1-2H3,(H2,13,14,15,17). The lowest BCUT2D eigenvalue weighted by Crippen LogP contribution is -2.70. The van der Waals surface area contributed by atoms with Crippen molar-refractivity contribution in [2.45, 2.75) is 12.5 Å². The van der Waals surface area contributed by atoms with Gasteiger partial charge in [-0.25, -0.2) is 9.59 Å². The smallest absolute Gasteiger partial charge is 0.409 e. The number of urea groups is 1. The van der Waals surface area contributed by atoms with Crippen LogP contribution in [0.25, 0.3) is 0 Å². The van der Waals surface area contributed by atoms with E-state index in [0.29, 0.717) is 18.8 Å². The Hall–Kier alpha value is -2.31. The summed E-state index contributed by atoms with van der Waals surface area (Å²) in [7, 11) is 1.33. The zero-order valence-electron chi connectivity index (χ0n) is 10.8. The monoisotopic (exact) mass is 264 g/mol. The summed E-state index contributed by atoms with van der Waals surface area (Å²) < 4.78 is 4.60. The number of anilines is 1. The van der Waals surface area contributed by atoms with Gasteiger partial charge in [0.25, 0.3) is 0 Å². The molecule has 1 saturated heterocycles. The van der Waals surface area contributed by atoms with Crippen LogP contribution in [0.1, 0.15) is 6.92 Å². The Labute approximate surface area is 110 Å². The van der Waals surface area contributed by atoms with Crippen LogP contribution in [0.2, 0.25) is 0 Å². The molecule has 1 aromatic heterocycles. The van der Waals surface area contributed by atoms with E-state index >= 15 is 0 Å². The molecule has 0 spiro atoms. The van der Waals surface area contributed by atoms with E-state index in [1.807, 2.05) is 6.92 Å². The quantitative estimate of drug-likeness (QED) is 0.836. The fourth-order valence-electron chi connectivity index (χ4n) is 2.01. The van der Waals surface area contributed by atoms with Crippen LogP contribution in [0.15, 0.2) is 24.5 Å². The number of carbonyl (C=O) groups is 2. The molecule has 7 heteroatoms. The highest BCUT2D eigenvalue weighted by atomic mass is 16.5. The zero-order chi connectivity index (χ0) is 13.9. The van der Waals surface area contributed by atoms with Gasteiger partial charge in [0, 0.05) is 31.2 Å². The van der Waals surface area contributed by atoms with Gasteiger partial charge in [-0.2, -0.15) is 0 Å². The average Bonchev–Trinajstić information content (AvgIpc) is 2.35. The van der Waals surface area contributed by atoms with Gasteiger partial charge in [0.15, 0.2) is 0 Å². The molecule has 0 bridgehead atoms. The number of rotatable bonds is 2. The molecular weight excluding hydrogens is 248 g/mol. The van der Waals surface area contributed by atoms with E-state index in [-0.39, 0.29) is 12.1 Å². The van der Waals surface area contributed by atoms with Crippen LogP contribution in [0.4, 0.5) is 15.3 Å². The second kappa shape index (κ2) is 5.13. The van der Waals surface area contributed by atoms with Crippen LogP contribution in [-0.2, 0) is 4.74 Å². The molecule has 2 heterocycles. The molecule has 0 radical (unpaired) electrons. The number of ether oxygens (including phenoxy) is 1. The number of aromatic nitrogens is 1. The van der Waals surface area contributed by atoms with Crippen molar-refractivity contribution in [1.82, 2.24) is 15.2 Å². The molecule has 0 saturated carbocycles. The highest BCUT2D eigenvalue weighted by Gasteiger charge is 2.43. The molecule has 19 heavy (non-hydrogen) atoms. The Balaban J connectivity index is 1.82. The number of hydrogen-bond acceptors (Lipinski definition) is 4. The number of hydrogen-bond donors (Lipinski definition) is 2. The molecule has 1 aliphatic heterocycles. The molecule has 0 atom stereocenters. The van der Waals surface area contributed by atoms with Crippen molar-refractivity contribution in [2.24, 2.45) is 0 Å². The molecule has 1 aliphatic rings. The second-order valence-electron chi connectivity index (χ2n) is 4.70. The fourth-order valence-corrected chi connectivity index (χ4v) is 2.01. The second-order valence-corrected chi connectivity index (χ2v) is 4.70. The number of likely N-dealkylation sites (tertiary alicyclic amines) is 1. The first-order valence-electron chi connectivity index (χ1n) is 5.84. The van der Waals surface area contributed by atoms with Crippen LogP contribution in [0, 0.1) is 0 Å². The van der Waals surface area contributed by atoms with Gasteiger partial charge in [0.1, 0.15) is 0 Å². The van der Waals surface area contributed by atoms with Crippen molar-refractivity contribution >= 4 is 17.8 Å². The maximum absolute atomic E-state index is 11.8. The zero-order valence-corrected chi connectivity index (χ0v) is 10.8. The molecule has 7 nitrogen and oxygen atoms in total. The van der Waals surface area contributed by atoms with Crippen molar-refractivity contribution in [3.63, 3.8) is 0 Å². The summed E-state index contributed by atoms with van der Waals surface area (Å²) in [5.74, 6) is 0. The summed E-state index contributed by atoms with van der Waals surface area (Å²) in [6, 6.07) is 3.09. The largest absolute Gasteiger partial charge is 0.453 e. The molecule has 2 N–H and O–H groups in total. The van der Waals surface area contributed by atoms with Crippen molar-refractivity contribution in [3.05, 3.63) is 24.5 Å². The minimum absolute atomic E-state index is 0.307. The molecule has 0 unspecified atom stereocenters. The summed E-state index contributed by atoms with van der Waals surface area (Å²) in [5, 5.41) is 5.53. The molecule has 0 aliphatic carbocycles.